The van der Waals surface area contributed by atoms with Gasteiger partial charge in [0.2, 0.25) is 0 Å². The molecule has 0 fully saturated rings. The zero-order valence-corrected chi connectivity index (χ0v) is 15.4. The molecule has 0 amide bonds. The molecule has 138 valence electrons. The molecule has 0 aliphatic carbocycles. The van der Waals surface area contributed by atoms with E-state index >= 15 is 0 Å². The van der Waals surface area contributed by atoms with Gasteiger partial charge in [-0.2, -0.15) is 0 Å². The number of furan rings is 1. The van der Waals surface area contributed by atoms with Crippen LogP contribution in [0.15, 0.2) is 32.0 Å². The Balaban J connectivity index is 2.37. The van der Waals surface area contributed by atoms with Gasteiger partial charge < -0.3 is 13.9 Å². The van der Waals surface area contributed by atoms with Gasteiger partial charge in [-0.15, -0.1) is 0 Å². The Hall–Kier alpha value is -2.56. The molecule has 0 bridgehead atoms. The van der Waals surface area contributed by atoms with Gasteiger partial charge in [-0.05, 0) is 30.9 Å². The maximum absolute atomic E-state index is 13.0. The maximum atomic E-state index is 13.0. The Morgan fingerprint density at radius 2 is 2.00 bits per heavy atom. The van der Waals surface area contributed by atoms with Crippen LogP contribution < -0.4 is 5.63 Å². The molecule has 0 saturated carbocycles. The molecule has 26 heavy (non-hydrogen) atoms. The lowest BCUT2D eigenvalue weighted by Gasteiger charge is -2.13. The second-order valence-corrected chi connectivity index (χ2v) is 6.81. The van der Waals surface area contributed by atoms with Gasteiger partial charge in [-0.1, -0.05) is 33.6 Å². The van der Waals surface area contributed by atoms with E-state index in [4.69, 9.17) is 8.83 Å². The number of aromatic hydroxyl groups is 1. The molecule has 3 aromatic rings. The molecule has 1 N–H and O–H groups in total. The zero-order chi connectivity index (χ0) is 18.8. The molecule has 2 aromatic heterocycles. The summed E-state index contributed by atoms with van der Waals surface area (Å²) in [6.45, 7) is 5.86. The Kier molecular flexibility index (Phi) is 5.16. The lowest BCUT2D eigenvalue weighted by Crippen LogP contribution is -2.13. The van der Waals surface area contributed by atoms with E-state index < -0.39 is 5.63 Å². The molecule has 1 atom stereocenters. The number of benzene rings is 1. The van der Waals surface area contributed by atoms with Crippen molar-refractivity contribution >= 4 is 27.7 Å². The van der Waals surface area contributed by atoms with Crippen molar-refractivity contribution in [2.45, 2.75) is 52.9 Å². The first kappa shape index (κ1) is 18.2. The molecular formula is C21H24O5. The number of carbonyl (C=O) groups is 1. The predicted molar refractivity (Wildman–Crippen MR) is 101 cm³/mol. The number of carbonyl (C=O) groups excluding carboxylic acids is 1. The van der Waals surface area contributed by atoms with Gasteiger partial charge in [0.1, 0.15) is 11.3 Å². The van der Waals surface area contributed by atoms with Crippen molar-refractivity contribution in [3.05, 3.63) is 39.9 Å². The smallest absolute Gasteiger partial charge is 0.336 e. The summed E-state index contributed by atoms with van der Waals surface area (Å²) in [6.07, 6.45) is 5.70. The van der Waals surface area contributed by atoms with Crippen LogP contribution in [-0.4, -0.2) is 10.9 Å². The van der Waals surface area contributed by atoms with Gasteiger partial charge in [0.15, 0.2) is 16.9 Å². The number of ketones is 1. The highest BCUT2D eigenvalue weighted by molar-refractivity contribution is 6.19. The first-order valence-corrected chi connectivity index (χ1v) is 9.22. The maximum Gasteiger partial charge on any atom is 0.336 e. The highest BCUT2D eigenvalue weighted by Crippen LogP contribution is 2.40. The first-order valence-electron chi connectivity index (χ1n) is 9.22. The molecule has 2 heterocycles. The second kappa shape index (κ2) is 7.36. The molecule has 5 heteroatoms. The van der Waals surface area contributed by atoms with Crippen LogP contribution in [0.5, 0.6) is 5.75 Å². The van der Waals surface area contributed by atoms with E-state index in [-0.39, 0.29) is 34.2 Å². The summed E-state index contributed by atoms with van der Waals surface area (Å²) in [4.78, 5) is 25.1. The molecule has 3 rings (SSSR count). The van der Waals surface area contributed by atoms with Crippen molar-refractivity contribution in [2.75, 3.05) is 0 Å². The topological polar surface area (TPSA) is 80.7 Å². The molecular weight excluding hydrogens is 332 g/mol. The monoisotopic (exact) mass is 356 g/mol. The molecule has 0 spiro atoms. The van der Waals surface area contributed by atoms with Gasteiger partial charge in [0.25, 0.3) is 0 Å². The van der Waals surface area contributed by atoms with Crippen LogP contribution in [-0.2, 0) is 6.42 Å². The number of phenols is 1. The van der Waals surface area contributed by atoms with E-state index in [0.717, 1.165) is 19.3 Å². The Labute approximate surface area is 151 Å². The fourth-order valence-corrected chi connectivity index (χ4v) is 3.32. The van der Waals surface area contributed by atoms with E-state index in [1.165, 1.54) is 12.3 Å². The van der Waals surface area contributed by atoms with Crippen molar-refractivity contribution in [1.82, 2.24) is 0 Å². The van der Waals surface area contributed by atoms with Gasteiger partial charge in [-0.25, -0.2) is 4.79 Å². The summed E-state index contributed by atoms with van der Waals surface area (Å²) < 4.78 is 10.9. The largest absolute Gasteiger partial charge is 0.506 e. The molecule has 1 aromatic carbocycles. The van der Waals surface area contributed by atoms with E-state index in [9.17, 15) is 14.7 Å². The Morgan fingerprint density at radius 3 is 2.69 bits per heavy atom. The lowest BCUT2D eigenvalue weighted by atomic mass is 9.92. The van der Waals surface area contributed by atoms with Crippen LogP contribution in [0, 0.1) is 5.92 Å². The van der Waals surface area contributed by atoms with Crippen molar-refractivity contribution in [3.8, 4) is 5.75 Å². The second-order valence-electron chi connectivity index (χ2n) is 6.81. The summed E-state index contributed by atoms with van der Waals surface area (Å²) in [6, 6.07) is 3.06. The van der Waals surface area contributed by atoms with Crippen LogP contribution in [0.1, 0.15) is 62.4 Å². The number of hydrogen-bond donors (Lipinski definition) is 1. The summed E-state index contributed by atoms with van der Waals surface area (Å²) in [5.41, 5.74) is 0.848. The third-order valence-corrected chi connectivity index (χ3v) is 5.01. The van der Waals surface area contributed by atoms with Gasteiger partial charge >= 0.3 is 5.63 Å². The highest BCUT2D eigenvalue weighted by atomic mass is 16.4. The summed E-state index contributed by atoms with van der Waals surface area (Å²) in [7, 11) is 0. The third-order valence-electron chi connectivity index (χ3n) is 5.01. The minimum Gasteiger partial charge on any atom is -0.506 e. The van der Waals surface area contributed by atoms with E-state index in [2.05, 4.69) is 6.92 Å². The van der Waals surface area contributed by atoms with E-state index in [1.54, 1.807) is 6.07 Å². The quantitative estimate of drug-likeness (QED) is 0.357. The average Bonchev–Trinajstić information content (AvgIpc) is 3.10. The Morgan fingerprint density at radius 1 is 1.23 bits per heavy atom. The van der Waals surface area contributed by atoms with Crippen LogP contribution >= 0.6 is 0 Å². The number of hydrogen-bond acceptors (Lipinski definition) is 5. The normalized spacial score (nSPS) is 12.7. The van der Waals surface area contributed by atoms with Crippen molar-refractivity contribution in [2.24, 2.45) is 5.92 Å². The fourth-order valence-electron chi connectivity index (χ4n) is 3.32. The summed E-state index contributed by atoms with van der Waals surface area (Å²) >= 11 is 0. The number of phenolic OH excluding ortho intramolecular Hbond substituents is 1. The van der Waals surface area contributed by atoms with Crippen molar-refractivity contribution < 1.29 is 18.7 Å². The lowest BCUT2D eigenvalue weighted by molar-refractivity contribution is 0.0928. The molecule has 0 aliphatic rings. The van der Waals surface area contributed by atoms with Crippen LogP contribution in [0.4, 0.5) is 0 Å². The van der Waals surface area contributed by atoms with Crippen LogP contribution in [0.3, 0.4) is 0 Å². The number of Topliss-reactive ketones (excluding diaryl/α,β-unsaturated/α-hetero) is 1. The number of unbranched alkanes of at least 4 members (excludes halogenated alkanes) is 2. The molecule has 0 aliphatic heterocycles. The Bertz CT molecular complexity index is 1010. The summed E-state index contributed by atoms with van der Waals surface area (Å²) in [5, 5.41) is 11.7. The molecule has 1 unspecified atom stereocenters. The molecule has 0 saturated heterocycles. The number of aryl methyl sites for hydroxylation is 1. The number of fused-ring (bicyclic) bond motifs is 2. The predicted octanol–water partition coefficient (Wildman–Crippen LogP) is 5.21. The van der Waals surface area contributed by atoms with Crippen molar-refractivity contribution in [3.63, 3.8) is 0 Å². The first-order chi connectivity index (χ1) is 12.5. The number of rotatable bonds is 7. The minimum atomic E-state index is -0.521. The minimum absolute atomic E-state index is 0.000278. The van der Waals surface area contributed by atoms with Gasteiger partial charge in [-0.3, -0.25) is 4.79 Å². The van der Waals surface area contributed by atoms with Crippen molar-refractivity contribution in [1.29, 1.82) is 0 Å². The average molecular weight is 356 g/mol. The third kappa shape index (κ3) is 3.02. The van der Waals surface area contributed by atoms with Gasteiger partial charge in [0.05, 0.1) is 17.0 Å². The molecule has 0 radical (unpaired) electrons. The van der Waals surface area contributed by atoms with Gasteiger partial charge in [0, 0.05) is 12.0 Å². The van der Waals surface area contributed by atoms with E-state index in [1.807, 2.05) is 13.8 Å². The fraction of sp³-hybridized carbons (Fsp3) is 0.429. The molecule has 5 nitrogen and oxygen atoms in total. The highest BCUT2D eigenvalue weighted by Gasteiger charge is 2.27. The van der Waals surface area contributed by atoms with Crippen LogP contribution in [0.2, 0.25) is 0 Å². The standard InChI is InChI=1S/C21H24O5/c1-4-6-7-8-13-11-15(22)26-21-16(13)19(24)14-9-10-25-20(14)17(21)18(23)12(3)5-2/h9-12,24H,4-8H2,1-3H3. The van der Waals surface area contributed by atoms with Crippen LogP contribution in [0.25, 0.3) is 21.9 Å². The zero-order valence-electron chi connectivity index (χ0n) is 15.4. The summed E-state index contributed by atoms with van der Waals surface area (Å²) in [5.74, 6) is -0.392. The van der Waals surface area contributed by atoms with E-state index in [0.29, 0.717) is 29.2 Å². The SMILES string of the molecule is CCCCCc1cc(=O)oc2c(C(=O)C(C)CC)c3occc3c(O)c12.